The molecule has 0 amide bonds. The van der Waals surface area contributed by atoms with Crippen molar-refractivity contribution in [2.75, 3.05) is 11.9 Å². The first-order valence-corrected chi connectivity index (χ1v) is 9.60. The Kier molecular flexibility index (Phi) is 5.80. The van der Waals surface area contributed by atoms with Gasteiger partial charge in [0.2, 0.25) is 0 Å². The Labute approximate surface area is 159 Å². The Bertz CT molecular complexity index is 843. The molecule has 0 aliphatic rings. The van der Waals surface area contributed by atoms with Crippen molar-refractivity contribution >= 4 is 48.3 Å². The summed E-state index contributed by atoms with van der Waals surface area (Å²) in [5.74, 6) is 0.910. The van der Waals surface area contributed by atoms with E-state index in [1.807, 2.05) is 6.07 Å². The zero-order valence-electron chi connectivity index (χ0n) is 13.5. The Morgan fingerprint density at radius 2 is 1.79 bits per heavy atom. The van der Waals surface area contributed by atoms with Gasteiger partial charge in [-0.2, -0.15) is 0 Å². The Morgan fingerprint density at radius 3 is 2.62 bits per heavy atom. The minimum Gasteiger partial charge on any atom is -0.492 e. The third-order valence-corrected chi connectivity index (χ3v) is 4.84. The molecule has 0 aliphatic heterocycles. The van der Waals surface area contributed by atoms with Crippen LogP contribution < -0.4 is 10.1 Å². The smallest absolute Gasteiger partial charge is 0.138 e. The SMILES string of the molecule is CCCOc1c(Br)cc(Br)cc1CNc1cccc2ccccc12. The maximum absolute atomic E-state index is 5.94. The van der Waals surface area contributed by atoms with Crippen molar-refractivity contribution in [3.63, 3.8) is 0 Å². The summed E-state index contributed by atoms with van der Waals surface area (Å²) in [5, 5.41) is 6.02. The molecule has 0 unspecified atom stereocenters. The number of benzene rings is 3. The summed E-state index contributed by atoms with van der Waals surface area (Å²) in [7, 11) is 0. The average molecular weight is 449 g/mol. The highest BCUT2D eigenvalue weighted by Gasteiger charge is 2.11. The van der Waals surface area contributed by atoms with Gasteiger partial charge in [-0.1, -0.05) is 59.3 Å². The third-order valence-electron chi connectivity index (χ3n) is 3.79. The second-order valence-corrected chi connectivity index (χ2v) is 7.37. The largest absolute Gasteiger partial charge is 0.492 e. The Hall–Kier alpha value is -1.52. The fraction of sp³-hybridized carbons (Fsp3) is 0.200. The van der Waals surface area contributed by atoms with Gasteiger partial charge in [0.05, 0.1) is 11.1 Å². The van der Waals surface area contributed by atoms with Gasteiger partial charge in [-0.25, -0.2) is 0 Å². The van der Waals surface area contributed by atoms with E-state index < -0.39 is 0 Å². The normalized spacial score (nSPS) is 10.8. The molecule has 3 rings (SSSR count). The number of hydrogen-bond donors (Lipinski definition) is 1. The highest BCUT2D eigenvalue weighted by atomic mass is 79.9. The maximum Gasteiger partial charge on any atom is 0.138 e. The molecule has 24 heavy (non-hydrogen) atoms. The van der Waals surface area contributed by atoms with Crippen molar-refractivity contribution in [3.8, 4) is 5.75 Å². The van der Waals surface area contributed by atoms with Crippen LogP contribution in [0.15, 0.2) is 63.5 Å². The van der Waals surface area contributed by atoms with Crippen LogP contribution in [0.4, 0.5) is 5.69 Å². The number of nitrogens with one attached hydrogen (secondary N) is 1. The van der Waals surface area contributed by atoms with Crippen LogP contribution in [0.2, 0.25) is 0 Å². The second kappa shape index (κ2) is 8.04. The lowest BCUT2D eigenvalue weighted by Gasteiger charge is -2.16. The summed E-state index contributed by atoms with van der Waals surface area (Å²) in [6.07, 6.45) is 0.985. The number of ether oxygens (including phenoxy) is 1. The molecule has 0 saturated carbocycles. The van der Waals surface area contributed by atoms with E-state index in [1.165, 1.54) is 10.8 Å². The standard InChI is InChI=1S/C20H19Br2NO/c1-2-10-24-20-15(11-16(21)12-18(20)22)13-23-19-9-5-7-14-6-3-4-8-17(14)19/h3-9,11-12,23H,2,10,13H2,1H3. The van der Waals surface area contributed by atoms with Crippen LogP contribution in [0.5, 0.6) is 5.75 Å². The van der Waals surface area contributed by atoms with Crippen LogP contribution in [0.3, 0.4) is 0 Å². The van der Waals surface area contributed by atoms with Crippen LogP contribution in [-0.2, 0) is 6.54 Å². The molecule has 2 nitrogen and oxygen atoms in total. The highest BCUT2D eigenvalue weighted by Crippen LogP contribution is 2.34. The molecule has 3 aromatic rings. The summed E-state index contributed by atoms with van der Waals surface area (Å²) >= 11 is 7.18. The Morgan fingerprint density at radius 1 is 1.00 bits per heavy atom. The minimum atomic E-state index is 0.699. The van der Waals surface area contributed by atoms with E-state index in [0.717, 1.165) is 32.4 Å². The summed E-state index contributed by atoms with van der Waals surface area (Å²) in [5.41, 5.74) is 2.25. The lowest BCUT2D eigenvalue weighted by molar-refractivity contribution is 0.312. The van der Waals surface area contributed by atoms with Crippen molar-refractivity contribution in [2.24, 2.45) is 0 Å². The fourth-order valence-corrected chi connectivity index (χ4v) is 4.11. The van der Waals surface area contributed by atoms with Gasteiger partial charge in [-0.15, -0.1) is 0 Å². The molecule has 124 valence electrons. The lowest BCUT2D eigenvalue weighted by Crippen LogP contribution is -2.05. The zero-order valence-corrected chi connectivity index (χ0v) is 16.7. The van der Waals surface area contributed by atoms with E-state index in [1.54, 1.807) is 0 Å². The highest BCUT2D eigenvalue weighted by molar-refractivity contribution is 9.11. The summed E-state index contributed by atoms with van der Waals surface area (Å²) < 4.78 is 7.95. The number of halogens is 2. The minimum absolute atomic E-state index is 0.699. The molecule has 0 bridgehead atoms. The average Bonchev–Trinajstić information content (AvgIpc) is 2.59. The van der Waals surface area contributed by atoms with Gasteiger partial charge in [0, 0.05) is 27.7 Å². The van der Waals surface area contributed by atoms with Crippen LogP contribution in [0, 0.1) is 0 Å². The van der Waals surface area contributed by atoms with E-state index >= 15 is 0 Å². The zero-order chi connectivity index (χ0) is 16.9. The van der Waals surface area contributed by atoms with E-state index in [9.17, 15) is 0 Å². The lowest BCUT2D eigenvalue weighted by atomic mass is 10.1. The molecule has 0 fully saturated rings. The molecule has 0 saturated heterocycles. The van der Waals surface area contributed by atoms with Gasteiger partial charge in [0.25, 0.3) is 0 Å². The molecule has 3 aromatic carbocycles. The van der Waals surface area contributed by atoms with E-state index in [2.05, 4.69) is 92.6 Å². The van der Waals surface area contributed by atoms with Crippen LogP contribution in [0.1, 0.15) is 18.9 Å². The number of fused-ring (bicyclic) bond motifs is 1. The molecule has 0 spiro atoms. The van der Waals surface area contributed by atoms with Crippen LogP contribution in [-0.4, -0.2) is 6.61 Å². The quantitative estimate of drug-likeness (QED) is 0.449. The van der Waals surface area contributed by atoms with E-state index in [4.69, 9.17) is 4.74 Å². The van der Waals surface area contributed by atoms with Gasteiger partial charge in [-0.3, -0.25) is 0 Å². The number of hydrogen-bond acceptors (Lipinski definition) is 2. The third kappa shape index (κ3) is 3.93. The van der Waals surface area contributed by atoms with Gasteiger partial charge < -0.3 is 10.1 Å². The monoisotopic (exact) mass is 447 g/mol. The molecular weight excluding hydrogens is 430 g/mol. The van der Waals surface area contributed by atoms with Gasteiger partial charge >= 0.3 is 0 Å². The molecule has 0 atom stereocenters. The van der Waals surface area contributed by atoms with Crippen LogP contribution in [0.25, 0.3) is 10.8 Å². The molecule has 0 aromatic heterocycles. The predicted octanol–water partition coefficient (Wildman–Crippen LogP) is 6.77. The molecule has 4 heteroatoms. The first-order valence-electron chi connectivity index (χ1n) is 8.01. The van der Waals surface area contributed by atoms with Crippen molar-refractivity contribution in [1.29, 1.82) is 0 Å². The van der Waals surface area contributed by atoms with Crippen molar-refractivity contribution in [1.82, 2.24) is 0 Å². The van der Waals surface area contributed by atoms with Gasteiger partial charge in [0.1, 0.15) is 5.75 Å². The summed E-state index contributed by atoms with van der Waals surface area (Å²) in [6, 6.07) is 18.9. The van der Waals surface area contributed by atoms with Gasteiger partial charge in [-0.05, 0) is 45.9 Å². The second-order valence-electron chi connectivity index (χ2n) is 5.60. The predicted molar refractivity (Wildman–Crippen MR) is 109 cm³/mol. The summed E-state index contributed by atoms with van der Waals surface area (Å²) in [6.45, 7) is 3.52. The molecule has 0 radical (unpaired) electrons. The fourth-order valence-electron chi connectivity index (χ4n) is 2.68. The number of anilines is 1. The van der Waals surface area contributed by atoms with Crippen molar-refractivity contribution in [2.45, 2.75) is 19.9 Å². The van der Waals surface area contributed by atoms with E-state index in [0.29, 0.717) is 13.2 Å². The van der Waals surface area contributed by atoms with Gasteiger partial charge in [0.15, 0.2) is 0 Å². The number of rotatable bonds is 6. The molecular formula is C20H19Br2NO. The van der Waals surface area contributed by atoms with Crippen LogP contribution >= 0.6 is 31.9 Å². The molecule has 1 N–H and O–H groups in total. The first-order chi connectivity index (χ1) is 11.7. The van der Waals surface area contributed by atoms with Crippen molar-refractivity contribution < 1.29 is 4.74 Å². The van der Waals surface area contributed by atoms with E-state index in [-0.39, 0.29) is 0 Å². The first kappa shape index (κ1) is 17.3. The molecule has 0 heterocycles. The van der Waals surface area contributed by atoms with Crippen molar-refractivity contribution in [3.05, 3.63) is 69.1 Å². The summed E-state index contributed by atoms with van der Waals surface area (Å²) in [4.78, 5) is 0. The molecule has 0 aliphatic carbocycles. The Balaban J connectivity index is 1.88. The maximum atomic E-state index is 5.94. The topological polar surface area (TPSA) is 21.3 Å².